The molecule has 0 saturated heterocycles. The number of nitrogens with zero attached hydrogens (tertiary/aromatic N) is 1. The molecule has 2 aromatic rings. The lowest BCUT2D eigenvalue weighted by atomic mass is 10.0. The molecule has 32 heavy (non-hydrogen) atoms. The third kappa shape index (κ3) is 5.29. The highest BCUT2D eigenvalue weighted by atomic mass is 32.2. The van der Waals surface area contributed by atoms with Gasteiger partial charge in [-0.1, -0.05) is 11.8 Å². The highest BCUT2D eigenvalue weighted by Gasteiger charge is 2.43. The van der Waals surface area contributed by atoms with Gasteiger partial charge in [-0.15, -0.1) is 11.3 Å². The molecule has 1 amide bonds. The van der Waals surface area contributed by atoms with E-state index in [9.17, 15) is 23.4 Å². The summed E-state index contributed by atoms with van der Waals surface area (Å²) in [5.74, 6) is 10.4. The van der Waals surface area contributed by atoms with Crippen molar-refractivity contribution in [3.05, 3.63) is 28.8 Å². The van der Waals surface area contributed by atoms with Crippen molar-refractivity contribution in [1.29, 1.82) is 0 Å². The number of aliphatic hydroxyl groups is 2. The van der Waals surface area contributed by atoms with E-state index < -0.39 is 32.7 Å². The van der Waals surface area contributed by atoms with Crippen molar-refractivity contribution in [2.24, 2.45) is 5.92 Å². The van der Waals surface area contributed by atoms with E-state index in [1.54, 1.807) is 0 Å². The van der Waals surface area contributed by atoms with Crippen LogP contribution in [0.3, 0.4) is 0 Å². The predicted octanol–water partition coefficient (Wildman–Crippen LogP) is 1.02. The average Bonchev–Trinajstić information content (AvgIpc) is 3.29. The topological polar surface area (TPSA) is 137 Å². The monoisotopic (exact) mass is 476 g/mol. The van der Waals surface area contributed by atoms with Gasteiger partial charge in [0, 0.05) is 24.2 Å². The zero-order valence-electron chi connectivity index (χ0n) is 17.6. The normalized spacial score (nSPS) is 22.3. The molecule has 0 aliphatic heterocycles. The number of hydrogen-bond acceptors (Lipinski definition) is 8. The second-order valence-corrected chi connectivity index (χ2v) is 11.6. The molecule has 0 radical (unpaired) electrons. The Labute approximate surface area is 190 Å². The van der Waals surface area contributed by atoms with E-state index >= 15 is 0 Å². The standard InChI is InChI=1S/C22H24N2O6S2/c1-22(21(27)24-28,32(2,29)30)10-9-20-23-16-8-7-14(13-19(16)31-20)5-3-4-6-15-11-17(25)18(26)12-15/h7-8,13,15,17-18,25-26,28H,9-12H2,1-2H3,(H,24,27)/t15?,17-,18+,22-/m1/s1. The van der Waals surface area contributed by atoms with E-state index in [1.807, 2.05) is 18.2 Å². The number of amides is 1. The molecule has 170 valence electrons. The van der Waals surface area contributed by atoms with Gasteiger partial charge < -0.3 is 10.2 Å². The highest BCUT2D eigenvalue weighted by Crippen LogP contribution is 2.28. The maximum Gasteiger partial charge on any atom is 0.264 e. The summed E-state index contributed by atoms with van der Waals surface area (Å²) in [5, 5.41) is 28.7. The average molecular weight is 477 g/mol. The van der Waals surface area contributed by atoms with Crippen LogP contribution in [0.1, 0.15) is 36.8 Å². The van der Waals surface area contributed by atoms with Crippen LogP contribution in [0.15, 0.2) is 18.2 Å². The molecule has 4 atom stereocenters. The van der Waals surface area contributed by atoms with Crippen LogP contribution in [-0.4, -0.2) is 57.9 Å². The van der Waals surface area contributed by atoms with E-state index in [0.717, 1.165) is 22.0 Å². The molecule has 1 aromatic carbocycles. The summed E-state index contributed by atoms with van der Waals surface area (Å²) < 4.78 is 23.3. The molecule has 10 heteroatoms. The van der Waals surface area contributed by atoms with Gasteiger partial charge in [0.1, 0.15) is 4.75 Å². The zero-order valence-corrected chi connectivity index (χ0v) is 19.3. The number of hydroxylamine groups is 1. The van der Waals surface area contributed by atoms with Gasteiger partial charge in [-0.25, -0.2) is 18.9 Å². The van der Waals surface area contributed by atoms with Crippen molar-refractivity contribution in [2.75, 3.05) is 6.26 Å². The van der Waals surface area contributed by atoms with Crippen LogP contribution in [0.4, 0.5) is 0 Å². The summed E-state index contributed by atoms with van der Waals surface area (Å²) in [6, 6.07) is 5.49. The lowest BCUT2D eigenvalue weighted by molar-refractivity contribution is -0.131. The van der Waals surface area contributed by atoms with Gasteiger partial charge in [-0.3, -0.25) is 10.0 Å². The molecule has 0 bridgehead atoms. The van der Waals surface area contributed by atoms with Gasteiger partial charge >= 0.3 is 0 Å². The fraction of sp³-hybridized carbons (Fsp3) is 0.455. The highest BCUT2D eigenvalue weighted by molar-refractivity contribution is 7.92. The Kier molecular flexibility index (Phi) is 7.23. The Hall–Kier alpha value is -2.47. The second kappa shape index (κ2) is 9.57. The van der Waals surface area contributed by atoms with Crippen LogP contribution in [0.2, 0.25) is 0 Å². The summed E-state index contributed by atoms with van der Waals surface area (Å²) in [7, 11) is -3.76. The van der Waals surface area contributed by atoms with Gasteiger partial charge in [0.2, 0.25) is 0 Å². The third-order valence-electron chi connectivity index (χ3n) is 5.69. The largest absolute Gasteiger partial charge is 0.390 e. The first-order valence-electron chi connectivity index (χ1n) is 9.95. The minimum atomic E-state index is -3.76. The van der Waals surface area contributed by atoms with Gasteiger partial charge in [0.25, 0.3) is 5.91 Å². The minimum Gasteiger partial charge on any atom is -0.390 e. The van der Waals surface area contributed by atoms with Crippen LogP contribution in [-0.2, 0) is 21.1 Å². The van der Waals surface area contributed by atoms with Crippen molar-refractivity contribution in [3.63, 3.8) is 0 Å². The van der Waals surface area contributed by atoms with E-state index in [4.69, 9.17) is 5.21 Å². The first-order valence-corrected chi connectivity index (χ1v) is 12.7. The zero-order chi connectivity index (χ0) is 23.5. The second-order valence-electron chi connectivity index (χ2n) is 8.06. The summed E-state index contributed by atoms with van der Waals surface area (Å²) in [4.78, 5) is 16.4. The molecule has 1 saturated carbocycles. The van der Waals surface area contributed by atoms with Crippen molar-refractivity contribution in [3.8, 4) is 23.7 Å². The van der Waals surface area contributed by atoms with Crippen LogP contribution in [0.5, 0.6) is 0 Å². The Bertz CT molecular complexity index is 1240. The van der Waals surface area contributed by atoms with Crippen LogP contribution >= 0.6 is 11.3 Å². The number of sulfone groups is 1. The quantitative estimate of drug-likeness (QED) is 0.287. The lowest BCUT2D eigenvalue weighted by Crippen LogP contribution is -2.49. The smallest absolute Gasteiger partial charge is 0.264 e. The molecule has 1 aliphatic rings. The number of benzene rings is 1. The van der Waals surface area contributed by atoms with E-state index in [1.165, 1.54) is 23.7 Å². The summed E-state index contributed by atoms with van der Waals surface area (Å²) >= 11 is 1.38. The number of aliphatic hydroxyl groups excluding tert-OH is 2. The molecule has 4 N–H and O–H groups in total. The minimum absolute atomic E-state index is 0.0230. The van der Waals surface area contributed by atoms with Crippen molar-refractivity contribution < 1.29 is 28.6 Å². The molecule has 3 rings (SSSR count). The molecule has 0 spiro atoms. The number of carbonyl (C=O) groups is 1. The SMILES string of the molecule is C[C@@](CCc1nc2ccc(C#CC#CC3C[C@@H](O)[C@@H](O)C3)cc2s1)(C(=O)NO)S(C)(=O)=O. The Morgan fingerprint density at radius 1 is 1.28 bits per heavy atom. The Balaban J connectivity index is 1.71. The number of fused-ring (bicyclic) bond motifs is 1. The molecule has 1 aliphatic carbocycles. The fourth-order valence-corrected chi connectivity index (χ4v) is 5.30. The predicted molar refractivity (Wildman–Crippen MR) is 121 cm³/mol. The van der Waals surface area contributed by atoms with E-state index in [2.05, 4.69) is 28.7 Å². The number of rotatable bonds is 5. The number of thiazole rings is 1. The number of carbonyl (C=O) groups excluding carboxylic acids is 1. The van der Waals surface area contributed by atoms with Crippen molar-refractivity contribution in [2.45, 2.75) is 49.6 Å². The molecule has 8 nitrogen and oxygen atoms in total. The summed E-state index contributed by atoms with van der Waals surface area (Å²) in [6.45, 7) is 1.28. The third-order valence-corrected chi connectivity index (χ3v) is 8.79. The first kappa shape index (κ1) is 24.2. The number of aromatic nitrogens is 1. The Morgan fingerprint density at radius 2 is 1.97 bits per heavy atom. The van der Waals surface area contributed by atoms with Gasteiger partial charge in [0.15, 0.2) is 9.84 Å². The maximum absolute atomic E-state index is 12.1. The molecular weight excluding hydrogens is 452 g/mol. The van der Waals surface area contributed by atoms with Crippen LogP contribution in [0, 0.1) is 29.6 Å². The number of aryl methyl sites for hydroxylation is 1. The first-order chi connectivity index (χ1) is 15.0. The maximum atomic E-state index is 12.1. The van der Waals surface area contributed by atoms with Crippen LogP contribution < -0.4 is 5.48 Å². The van der Waals surface area contributed by atoms with Crippen molar-refractivity contribution >= 4 is 37.3 Å². The Morgan fingerprint density at radius 3 is 2.59 bits per heavy atom. The summed E-state index contributed by atoms with van der Waals surface area (Å²) in [5.41, 5.74) is 2.93. The summed E-state index contributed by atoms with van der Waals surface area (Å²) in [6.07, 6.45) is 0.642. The molecular formula is C22H24N2O6S2. The molecule has 1 aromatic heterocycles. The molecule has 1 unspecified atom stereocenters. The van der Waals surface area contributed by atoms with E-state index in [-0.39, 0.29) is 18.8 Å². The van der Waals surface area contributed by atoms with Gasteiger partial charge in [-0.2, -0.15) is 0 Å². The fourth-order valence-electron chi connectivity index (χ4n) is 3.44. The molecule has 1 fully saturated rings. The van der Waals surface area contributed by atoms with Crippen molar-refractivity contribution in [1.82, 2.24) is 10.5 Å². The van der Waals surface area contributed by atoms with Crippen LogP contribution in [0.25, 0.3) is 10.2 Å². The number of nitrogens with one attached hydrogen (secondary N) is 1. The van der Waals surface area contributed by atoms with E-state index in [0.29, 0.717) is 17.8 Å². The number of hydrogen-bond donors (Lipinski definition) is 4. The van der Waals surface area contributed by atoms with Gasteiger partial charge in [0.05, 0.1) is 27.4 Å². The lowest BCUT2D eigenvalue weighted by Gasteiger charge is -2.24. The van der Waals surface area contributed by atoms with Gasteiger partial charge in [-0.05, 0) is 56.2 Å². The molecule has 1 heterocycles.